The van der Waals surface area contributed by atoms with Gasteiger partial charge in [0.1, 0.15) is 11.8 Å². The summed E-state index contributed by atoms with van der Waals surface area (Å²) in [5, 5.41) is 11.2. The second-order valence-corrected chi connectivity index (χ2v) is 3.26. The van der Waals surface area contributed by atoms with E-state index in [9.17, 15) is 9.59 Å². The van der Waals surface area contributed by atoms with Crippen molar-refractivity contribution in [3.05, 3.63) is 29.6 Å². The largest absolute Gasteiger partial charge is 0.329 e. The lowest BCUT2D eigenvalue weighted by Crippen LogP contribution is -2.30. The van der Waals surface area contributed by atoms with Crippen LogP contribution in [0.15, 0.2) is 18.3 Å². The minimum absolute atomic E-state index is 0.0149. The van der Waals surface area contributed by atoms with E-state index in [1.807, 2.05) is 6.07 Å². The summed E-state index contributed by atoms with van der Waals surface area (Å²) >= 11 is 0. The van der Waals surface area contributed by atoms with Gasteiger partial charge in [-0.3, -0.25) is 9.69 Å². The van der Waals surface area contributed by atoms with Crippen LogP contribution < -0.4 is 5.32 Å². The van der Waals surface area contributed by atoms with Crippen LogP contribution in [0, 0.1) is 11.3 Å². The van der Waals surface area contributed by atoms with E-state index in [2.05, 4.69) is 10.3 Å². The van der Waals surface area contributed by atoms with E-state index >= 15 is 0 Å². The van der Waals surface area contributed by atoms with Gasteiger partial charge in [-0.25, -0.2) is 9.78 Å². The van der Waals surface area contributed by atoms with Crippen molar-refractivity contribution in [2.45, 2.75) is 6.54 Å². The summed E-state index contributed by atoms with van der Waals surface area (Å²) in [7, 11) is 0. The molecule has 1 fully saturated rings. The number of rotatable bonds is 2. The van der Waals surface area contributed by atoms with Crippen LogP contribution in [-0.2, 0) is 11.3 Å². The zero-order valence-corrected chi connectivity index (χ0v) is 8.30. The van der Waals surface area contributed by atoms with Gasteiger partial charge in [-0.1, -0.05) is 6.07 Å². The molecule has 2 heterocycles. The van der Waals surface area contributed by atoms with Crippen LogP contribution in [-0.4, -0.2) is 28.4 Å². The molecule has 0 spiro atoms. The second kappa shape index (κ2) is 3.98. The van der Waals surface area contributed by atoms with Crippen molar-refractivity contribution >= 4 is 11.9 Å². The molecule has 0 aliphatic carbocycles. The fourth-order valence-electron chi connectivity index (χ4n) is 1.45. The fourth-order valence-corrected chi connectivity index (χ4v) is 1.45. The molecule has 1 N–H and O–H groups in total. The Kier molecular flexibility index (Phi) is 2.52. The molecule has 80 valence electrons. The van der Waals surface area contributed by atoms with Gasteiger partial charge in [0.25, 0.3) is 0 Å². The van der Waals surface area contributed by atoms with Crippen molar-refractivity contribution < 1.29 is 9.59 Å². The highest BCUT2D eigenvalue weighted by Crippen LogP contribution is 2.10. The Bertz CT molecular complexity index is 476. The van der Waals surface area contributed by atoms with E-state index < -0.39 is 6.03 Å². The summed E-state index contributed by atoms with van der Waals surface area (Å²) < 4.78 is 0. The molecule has 2 rings (SSSR count). The van der Waals surface area contributed by atoms with Gasteiger partial charge in [-0.05, 0) is 6.07 Å². The van der Waals surface area contributed by atoms with E-state index in [0.717, 1.165) is 4.90 Å². The van der Waals surface area contributed by atoms with Crippen LogP contribution >= 0.6 is 0 Å². The lowest BCUT2D eigenvalue weighted by atomic mass is 10.2. The minimum Gasteiger partial charge on any atom is -0.329 e. The van der Waals surface area contributed by atoms with Crippen molar-refractivity contribution in [1.29, 1.82) is 5.26 Å². The Morgan fingerprint density at radius 3 is 3.00 bits per heavy atom. The highest BCUT2D eigenvalue weighted by molar-refractivity contribution is 6.01. The Labute approximate surface area is 91.5 Å². The fraction of sp³-hybridized carbons (Fsp3) is 0.200. The first-order valence-corrected chi connectivity index (χ1v) is 4.64. The van der Waals surface area contributed by atoms with Crippen molar-refractivity contribution in [3.8, 4) is 6.07 Å². The number of carbonyl (C=O) groups is 2. The molecule has 0 saturated carbocycles. The summed E-state index contributed by atoms with van der Waals surface area (Å²) in [6, 6.07) is 4.82. The summed E-state index contributed by atoms with van der Waals surface area (Å²) in [4.78, 5) is 27.5. The smallest absolute Gasteiger partial charge is 0.324 e. The molecule has 1 aromatic rings. The van der Waals surface area contributed by atoms with Gasteiger partial charge in [0.05, 0.1) is 13.1 Å². The van der Waals surface area contributed by atoms with E-state index in [-0.39, 0.29) is 24.7 Å². The van der Waals surface area contributed by atoms with E-state index in [4.69, 9.17) is 5.26 Å². The van der Waals surface area contributed by atoms with Crippen LogP contribution in [0.2, 0.25) is 0 Å². The van der Waals surface area contributed by atoms with Crippen LogP contribution in [0.4, 0.5) is 4.79 Å². The highest BCUT2D eigenvalue weighted by Gasteiger charge is 2.28. The van der Waals surface area contributed by atoms with Crippen LogP contribution in [0.1, 0.15) is 11.3 Å². The number of hydrogen-bond acceptors (Lipinski definition) is 4. The Morgan fingerprint density at radius 1 is 1.56 bits per heavy atom. The molecular weight excluding hydrogens is 208 g/mol. The van der Waals surface area contributed by atoms with E-state index in [1.54, 1.807) is 12.1 Å². The minimum atomic E-state index is -0.433. The average molecular weight is 216 g/mol. The molecule has 0 unspecified atom stereocenters. The number of urea groups is 1. The number of hydrogen-bond donors (Lipinski definition) is 1. The Morgan fingerprint density at radius 2 is 2.38 bits per heavy atom. The molecule has 1 aliphatic heterocycles. The lowest BCUT2D eigenvalue weighted by molar-refractivity contribution is -0.125. The van der Waals surface area contributed by atoms with Gasteiger partial charge < -0.3 is 5.32 Å². The predicted molar refractivity (Wildman–Crippen MR) is 52.9 cm³/mol. The summed E-state index contributed by atoms with van der Waals surface area (Å²) in [6.07, 6.45) is 1.49. The van der Waals surface area contributed by atoms with Crippen LogP contribution in [0.5, 0.6) is 0 Å². The second-order valence-electron chi connectivity index (χ2n) is 3.26. The third-order valence-corrected chi connectivity index (χ3v) is 2.26. The Balaban J connectivity index is 2.24. The number of imide groups is 1. The van der Waals surface area contributed by atoms with Gasteiger partial charge in [0.15, 0.2) is 0 Å². The number of amides is 3. The first-order valence-electron chi connectivity index (χ1n) is 4.64. The zero-order chi connectivity index (χ0) is 11.5. The third kappa shape index (κ3) is 1.70. The molecule has 6 heteroatoms. The molecule has 1 aromatic heterocycles. The summed E-state index contributed by atoms with van der Waals surface area (Å²) in [5.41, 5.74) is 0.797. The van der Waals surface area contributed by atoms with Crippen molar-refractivity contribution in [1.82, 2.24) is 15.2 Å². The first kappa shape index (κ1) is 10.1. The molecule has 0 atom stereocenters. The quantitative estimate of drug-likeness (QED) is 0.705. The molecule has 0 aromatic carbocycles. The molecule has 1 aliphatic rings. The SMILES string of the molecule is N#Cc1ncccc1CN1C(=O)CNC1=O. The average Bonchev–Trinajstić information content (AvgIpc) is 2.61. The maximum absolute atomic E-state index is 11.3. The third-order valence-electron chi connectivity index (χ3n) is 2.26. The molecule has 0 radical (unpaired) electrons. The number of aromatic nitrogens is 1. The van der Waals surface area contributed by atoms with Crippen molar-refractivity contribution in [2.75, 3.05) is 6.54 Å². The topological polar surface area (TPSA) is 86.1 Å². The lowest BCUT2D eigenvalue weighted by Gasteiger charge is -2.12. The van der Waals surface area contributed by atoms with Gasteiger partial charge in [-0.2, -0.15) is 5.26 Å². The molecule has 6 nitrogen and oxygen atoms in total. The predicted octanol–water partition coefficient (Wildman–Crippen LogP) is 0.00508. The van der Waals surface area contributed by atoms with Gasteiger partial charge in [-0.15, -0.1) is 0 Å². The van der Waals surface area contributed by atoms with Crippen LogP contribution in [0.3, 0.4) is 0 Å². The number of nitriles is 1. The summed E-state index contributed by atoms with van der Waals surface area (Å²) in [5.74, 6) is -0.294. The zero-order valence-electron chi connectivity index (χ0n) is 8.30. The molecule has 0 bridgehead atoms. The highest BCUT2D eigenvalue weighted by atomic mass is 16.2. The number of carbonyl (C=O) groups excluding carboxylic acids is 2. The number of nitrogens with zero attached hydrogens (tertiary/aromatic N) is 3. The van der Waals surface area contributed by atoms with Gasteiger partial charge >= 0.3 is 6.03 Å². The molecule has 1 saturated heterocycles. The number of pyridine rings is 1. The maximum Gasteiger partial charge on any atom is 0.324 e. The molecule has 3 amide bonds. The molecular formula is C10H8N4O2. The van der Waals surface area contributed by atoms with Crippen LogP contribution in [0.25, 0.3) is 0 Å². The Hall–Kier alpha value is -2.42. The maximum atomic E-state index is 11.3. The van der Waals surface area contributed by atoms with E-state index in [0.29, 0.717) is 5.56 Å². The number of nitrogens with one attached hydrogen (secondary N) is 1. The van der Waals surface area contributed by atoms with Gasteiger partial charge in [0.2, 0.25) is 5.91 Å². The summed E-state index contributed by atoms with van der Waals surface area (Å²) in [6.45, 7) is 0.0996. The van der Waals surface area contributed by atoms with Crippen molar-refractivity contribution in [2.24, 2.45) is 0 Å². The normalized spacial score (nSPS) is 14.8. The monoisotopic (exact) mass is 216 g/mol. The van der Waals surface area contributed by atoms with Gasteiger partial charge in [0, 0.05) is 11.8 Å². The first-order chi connectivity index (χ1) is 7.72. The molecule has 16 heavy (non-hydrogen) atoms. The van der Waals surface area contributed by atoms with E-state index in [1.165, 1.54) is 6.20 Å². The standard InChI is InChI=1S/C10H8N4O2/c11-4-8-7(2-1-3-12-8)6-14-9(15)5-13-10(14)16/h1-3H,5-6H2,(H,13,16). The van der Waals surface area contributed by atoms with Crippen molar-refractivity contribution in [3.63, 3.8) is 0 Å².